The zero-order chi connectivity index (χ0) is 15.2. The third-order valence-corrected chi connectivity index (χ3v) is 3.71. The Morgan fingerprint density at radius 3 is 2.67 bits per heavy atom. The second-order valence-electron chi connectivity index (χ2n) is 5.07. The van der Waals surface area contributed by atoms with E-state index in [-0.39, 0.29) is 24.3 Å². The van der Waals surface area contributed by atoms with Gasteiger partial charge < -0.3 is 15.1 Å². The number of carbonyl (C=O) groups is 1. The lowest BCUT2D eigenvalue weighted by molar-refractivity contribution is -0.117. The van der Waals surface area contributed by atoms with Crippen LogP contribution in [0.2, 0.25) is 0 Å². The molecule has 0 saturated carbocycles. The highest BCUT2D eigenvalue weighted by molar-refractivity contribution is 5.96. The molecule has 2 rings (SSSR count). The standard InChI is InChI=1S/C17H21NO3/c1-2-15(20)9-8-13(12-19)16-10-11-17(21)18(16)14-6-4-3-5-7-14/h3-9,16,19-20H,2,10-12H2,1H3/b13-8+,15-9+. The van der Waals surface area contributed by atoms with Gasteiger partial charge in [-0.05, 0) is 30.2 Å². The largest absolute Gasteiger partial charge is 0.512 e. The lowest BCUT2D eigenvalue weighted by Gasteiger charge is -2.26. The molecule has 112 valence electrons. The van der Waals surface area contributed by atoms with Gasteiger partial charge in [-0.25, -0.2) is 0 Å². The Labute approximate surface area is 125 Å². The Hall–Kier alpha value is -2.07. The van der Waals surface area contributed by atoms with Crippen LogP contribution in [0.15, 0.2) is 53.8 Å². The van der Waals surface area contributed by atoms with Gasteiger partial charge in [0.1, 0.15) is 0 Å². The molecule has 1 aromatic rings. The molecule has 1 saturated heterocycles. The number of hydrogen-bond acceptors (Lipinski definition) is 3. The van der Waals surface area contributed by atoms with Crippen LogP contribution in [-0.4, -0.2) is 28.8 Å². The van der Waals surface area contributed by atoms with Crippen LogP contribution in [0.5, 0.6) is 0 Å². The smallest absolute Gasteiger partial charge is 0.227 e. The molecule has 1 aliphatic rings. The minimum Gasteiger partial charge on any atom is -0.512 e. The van der Waals surface area contributed by atoms with E-state index in [0.29, 0.717) is 19.3 Å². The summed E-state index contributed by atoms with van der Waals surface area (Å²) in [6.07, 6.45) is 5.01. The summed E-state index contributed by atoms with van der Waals surface area (Å²) < 4.78 is 0. The van der Waals surface area contributed by atoms with E-state index in [9.17, 15) is 15.0 Å². The number of rotatable bonds is 5. The van der Waals surface area contributed by atoms with Gasteiger partial charge in [0.05, 0.1) is 18.4 Å². The molecule has 0 aromatic heterocycles. The molecule has 4 nitrogen and oxygen atoms in total. The van der Waals surface area contributed by atoms with Crippen molar-refractivity contribution in [3.63, 3.8) is 0 Å². The normalized spacial score (nSPS) is 20.2. The van der Waals surface area contributed by atoms with E-state index in [4.69, 9.17) is 0 Å². The van der Waals surface area contributed by atoms with Crippen molar-refractivity contribution in [1.82, 2.24) is 0 Å². The van der Waals surface area contributed by atoms with Gasteiger partial charge in [-0.3, -0.25) is 4.79 Å². The molecule has 0 bridgehead atoms. The van der Waals surface area contributed by atoms with Crippen LogP contribution in [0.4, 0.5) is 5.69 Å². The number of amides is 1. The Kier molecular flexibility index (Phi) is 5.17. The van der Waals surface area contributed by atoms with E-state index in [1.807, 2.05) is 37.3 Å². The van der Waals surface area contributed by atoms with Gasteiger partial charge in [-0.2, -0.15) is 0 Å². The molecule has 2 N–H and O–H groups in total. The summed E-state index contributed by atoms with van der Waals surface area (Å²) >= 11 is 0. The second-order valence-corrected chi connectivity index (χ2v) is 5.07. The number of allylic oxidation sites excluding steroid dienone is 3. The Morgan fingerprint density at radius 2 is 2.05 bits per heavy atom. The highest BCUT2D eigenvalue weighted by atomic mass is 16.3. The highest BCUT2D eigenvalue weighted by Gasteiger charge is 2.33. The third kappa shape index (κ3) is 3.52. The van der Waals surface area contributed by atoms with E-state index < -0.39 is 0 Å². The van der Waals surface area contributed by atoms with E-state index in [1.165, 1.54) is 0 Å². The number of anilines is 1. The van der Waals surface area contributed by atoms with Gasteiger partial charge in [-0.15, -0.1) is 0 Å². The summed E-state index contributed by atoms with van der Waals surface area (Å²) in [6.45, 7) is 1.72. The average molecular weight is 287 g/mol. The van der Waals surface area contributed by atoms with Crippen LogP contribution in [0, 0.1) is 0 Å². The van der Waals surface area contributed by atoms with E-state index >= 15 is 0 Å². The van der Waals surface area contributed by atoms with Crippen molar-refractivity contribution >= 4 is 11.6 Å². The van der Waals surface area contributed by atoms with Gasteiger partial charge in [0.25, 0.3) is 0 Å². The molecular weight excluding hydrogens is 266 g/mol. The number of hydrogen-bond donors (Lipinski definition) is 2. The molecule has 1 aliphatic heterocycles. The zero-order valence-electron chi connectivity index (χ0n) is 12.2. The first-order chi connectivity index (χ1) is 10.2. The molecule has 0 aliphatic carbocycles. The summed E-state index contributed by atoms with van der Waals surface area (Å²) in [5.74, 6) is 0.325. The summed E-state index contributed by atoms with van der Waals surface area (Å²) in [5, 5.41) is 19.1. The fourth-order valence-electron chi connectivity index (χ4n) is 2.54. The van der Waals surface area contributed by atoms with Crippen molar-refractivity contribution in [3.05, 3.63) is 53.8 Å². The Balaban J connectivity index is 2.30. The maximum atomic E-state index is 12.2. The summed E-state index contributed by atoms with van der Waals surface area (Å²) in [5.41, 5.74) is 1.58. The number of para-hydroxylation sites is 1. The van der Waals surface area contributed by atoms with Gasteiger partial charge in [0.2, 0.25) is 5.91 Å². The lowest BCUT2D eigenvalue weighted by Crippen LogP contribution is -2.35. The first kappa shape index (κ1) is 15.3. The minimum atomic E-state index is -0.147. The summed E-state index contributed by atoms with van der Waals surface area (Å²) in [4.78, 5) is 13.9. The van der Waals surface area contributed by atoms with E-state index in [1.54, 1.807) is 17.1 Å². The predicted octanol–water partition coefficient (Wildman–Crippen LogP) is 2.95. The van der Waals surface area contributed by atoms with Crippen molar-refractivity contribution in [3.8, 4) is 0 Å². The number of nitrogens with zero attached hydrogens (tertiary/aromatic N) is 1. The molecule has 4 heteroatoms. The second kappa shape index (κ2) is 7.09. The van der Waals surface area contributed by atoms with Crippen LogP contribution in [-0.2, 0) is 4.79 Å². The Bertz CT molecular complexity index is 548. The third-order valence-electron chi connectivity index (χ3n) is 3.71. The quantitative estimate of drug-likeness (QED) is 0.646. The molecule has 1 atom stereocenters. The molecular formula is C17H21NO3. The molecule has 1 heterocycles. The summed E-state index contributed by atoms with van der Waals surface area (Å²) in [7, 11) is 0. The highest BCUT2D eigenvalue weighted by Crippen LogP contribution is 2.30. The van der Waals surface area contributed by atoms with Crippen LogP contribution in [0.25, 0.3) is 0 Å². The Morgan fingerprint density at radius 1 is 1.33 bits per heavy atom. The summed E-state index contributed by atoms with van der Waals surface area (Å²) in [6, 6.07) is 9.33. The molecule has 1 unspecified atom stereocenters. The van der Waals surface area contributed by atoms with E-state index in [0.717, 1.165) is 11.3 Å². The fourth-order valence-corrected chi connectivity index (χ4v) is 2.54. The van der Waals surface area contributed by atoms with Crippen LogP contribution < -0.4 is 4.90 Å². The molecule has 1 aromatic carbocycles. The molecule has 0 radical (unpaired) electrons. The predicted molar refractivity (Wildman–Crippen MR) is 83.1 cm³/mol. The van der Waals surface area contributed by atoms with Crippen LogP contribution in [0.1, 0.15) is 26.2 Å². The van der Waals surface area contributed by atoms with Crippen molar-refractivity contribution < 1.29 is 15.0 Å². The van der Waals surface area contributed by atoms with Gasteiger partial charge >= 0.3 is 0 Å². The first-order valence-electron chi connectivity index (χ1n) is 7.24. The zero-order valence-corrected chi connectivity index (χ0v) is 12.2. The number of aliphatic hydroxyl groups excluding tert-OH is 2. The number of carbonyl (C=O) groups excluding carboxylic acids is 1. The van der Waals surface area contributed by atoms with Crippen LogP contribution in [0.3, 0.4) is 0 Å². The van der Waals surface area contributed by atoms with Gasteiger partial charge in [0.15, 0.2) is 0 Å². The lowest BCUT2D eigenvalue weighted by atomic mass is 10.0. The SMILES string of the molecule is CC/C(O)=C\C=C(/CO)C1CCC(=O)N1c1ccccc1. The van der Waals surface area contributed by atoms with Gasteiger partial charge in [-0.1, -0.05) is 31.2 Å². The average Bonchev–Trinajstić information content (AvgIpc) is 2.90. The number of aliphatic hydroxyl groups is 2. The minimum absolute atomic E-state index is 0.0641. The maximum absolute atomic E-state index is 12.2. The van der Waals surface area contributed by atoms with Crippen molar-refractivity contribution in [2.75, 3.05) is 11.5 Å². The first-order valence-corrected chi connectivity index (χ1v) is 7.24. The van der Waals surface area contributed by atoms with Crippen molar-refractivity contribution in [2.24, 2.45) is 0 Å². The maximum Gasteiger partial charge on any atom is 0.227 e. The van der Waals surface area contributed by atoms with E-state index in [2.05, 4.69) is 0 Å². The fraction of sp³-hybridized carbons (Fsp3) is 0.353. The molecule has 1 fully saturated rings. The van der Waals surface area contributed by atoms with Crippen LogP contribution >= 0.6 is 0 Å². The monoisotopic (exact) mass is 287 g/mol. The van der Waals surface area contributed by atoms with Crippen molar-refractivity contribution in [1.29, 1.82) is 0 Å². The number of benzene rings is 1. The molecule has 21 heavy (non-hydrogen) atoms. The van der Waals surface area contributed by atoms with Gasteiger partial charge in [0, 0.05) is 18.5 Å². The topological polar surface area (TPSA) is 60.8 Å². The molecule has 1 amide bonds. The van der Waals surface area contributed by atoms with Crippen molar-refractivity contribution in [2.45, 2.75) is 32.2 Å². The molecule has 0 spiro atoms.